The van der Waals surface area contributed by atoms with Gasteiger partial charge < -0.3 is 18.3 Å². The van der Waals surface area contributed by atoms with Crippen molar-refractivity contribution in [2.45, 2.75) is 0 Å². The molecule has 0 aliphatic rings. The molecule has 0 saturated carbocycles. The first kappa shape index (κ1) is 32.4. The molecule has 0 radical (unpaired) electrons. The van der Waals surface area contributed by atoms with Gasteiger partial charge in [-0.15, -0.1) is 0 Å². The van der Waals surface area contributed by atoms with Crippen LogP contribution in [0.2, 0.25) is 0 Å². The zero-order chi connectivity index (χ0) is 38.2. The van der Waals surface area contributed by atoms with Crippen molar-refractivity contribution >= 4 is 82.7 Å². The number of aromatic nitrogens is 2. The van der Waals surface area contributed by atoms with Crippen molar-refractivity contribution in [3.05, 3.63) is 200 Å². The summed E-state index contributed by atoms with van der Waals surface area (Å²) in [6.45, 7) is 0. The molecule has 12 aromatic rings. The largest absolute Gasteiger partial charge is 0.456 e. The van der Waals surface area contributed by atoms with Gasteiger partial charge in [0.05, 0.1) is 22.4 Å². The van der Waals surface area contributed by atoms with Crippen molar-refractivity contribution < 1.29 is 8.83 Å². The number of para-hydroxylation sites is 3. The van der Waals surface area contributed by atoms with Gasteiger partial charge in [0.25, 0.3) is 0 Å². The molecule has 5 heteroatoms. The predicted molar refractivity (Wildman–Crippen MR) is 239 cm³/mol. The van der Waals surface area contributed by atoms with Gasteiger partial charge in [-0.05, 0) is 89.1 Å². The number of oxazole rings is 1. The first-order chi connectivity index (χ1) is 28.8. The third-order valence-corrected chi connectivity index (χ3v) is 11.4. The van der Waals surface area contributed by atoms with Crippen LogP contribution in [0.5, 0.6) is 0 Å². The second kappa shape index (κ2) is 12.8. The maximum Gasteiger partial charge on any atom is 0.227 e. The van der Waals surface area contributed by atoms with E-state index in [1.54, 1.807) is 0 Å². The molecule has 0 saturated heterocycles. The highest BCUT2D eigenvalue weighted by Crippen LogP contribution is 2.47. The van der Waals surface area contributed by atoms with Crippen molar-refractivity contribution in [1.82, 2.24) is 9.55 Å². The van der Waals surface area contributed by atoms with Gasteiger partial charge in [-0.25, -0.2) is 4.98 Å². The summed E-state index contributed by atoms with van der Waals surface area (Å²) in [5, 5.41) is 6.96. The van der Waals surface area contributed by atoms with E-state index < -0.39 is 0 Å². The first-order valence-corrected chi connectivity index (χ1v) is 19.5. The molecule has 9 aromatic carbocycles. The van der Waals surface area contributed by atoms with Crippen LogP contribution in [-0.4, -0.2) is 9.55 Å². The summed E-state index contributed by atoms with van der Waals surface area (Å²) < 4.78 is 15.5. The fraction of sp³-hybridized carbons (Fsp3) is 0. The number of rotatable bonds is 6. The van der Waals surface area contributed by atoms with Crippen LogP contribution in [0.3, 0.4) is 0 Å². The summed E-state index contributed by atoms with van der Waals surface area (Å²) in [6.07, 6.45) is 0. The molecule has 3 aromatic heterocycles. The average molecular weight is 744 g/mol. The Hall–Kier alpha value is -7.89. The van der Waals surface area contributed by atoms with Crippen molar-refractivity contribution in [2.75, 3.05) is 4.90 Å². The van der Waals surface area contributed by atoms with Gasteiger partial charge in [-0.1, -0.05) is 121 Å². The fourth-order valence-electron chi connectivity index (χ4n) is 8.80. The molecule has 0 spiro atoms. The van der Waals surface area contributed by atoms with E-state index in [0.29, 0.717) is 5.89 Å². The fourth-order valence-corrected chi connectivity index (χ4v) is 8.80. The molecule has 12 rings (SSSR count). The highest BCUT2D eigenvalue weighted by atomic mass is 16.3. The molecule has 0 amide bonds. The zero-order valence-corrected chi connectivity index (χ0v) is 31.2. The first-order valence-electron chi connectivity index (χ1n) is 19.5. The third-order valence-electron chi connectivity index (χ3n) is 11.4. The highest BCUT2D eigenvalue weighted by molar-refractivity contribution is 6.22. The van der Waals surface area contributed by atoms with Crippen LogP contribution in [0, 0.1) is 0 Å². The number of hydrogen-bond donors (Lipinski definition) is 0. The number of furan rings is 1. The van der Waals surface area contributed by atoms with Gasteiger partial charge in [-0.3, -0.25) is 0 Å². The molecule has 0 bridgehead atoms. The van der Waals surface area contributed by atoms with Crippen molar-refractivity contribution in [3.63, 3.8) is 0 Å². The maximum absolute atomic E-state index is 6.72. The quantitative estimate of drug-likeness (QED) is 0.170. The van der Waals surface area contributed by atoms with Gasteiger partial charge >= 0.3 is 0 Å². The Morgan fingerprint density at radius 2 is 1.16 bits per heavy atom. The minimum Gasteiger partial charge on any atom is -0.456 e. The Balaban J connectivity index is 1.14. The van der Waals surface area contributed by atoms with Crippen LogP contribution in [-0.2, 0) is 0 Å². The van der Waals surface area contributed by atoms with Crippen molar-refractivity contribution in [1.29, 1.82) is 0 Å². The van der Waals surface area contributed by atoms with Crippen LogP contribution >= 0.6 is 0 Å². The molecular formula is C53H33N3O2. The Labute approximate surface area is 333 Å². The number of fused-ring (bicyclic) bond motifs is 9. The van der Waals surface area contributed by atoms with E-state index in [4.69, 9.17) is 13.8 Å². The molecule has 0 fully saturated rings. The molecule has 3 heterocycles. The van der Waals surface area contributed by atoms with Gasteiger partial charge in [0.15, 0.2) is 5.58 Å². The van der Waals surface area contributed by atoms with E-state index in [1.807, 2.05) is 48.5 Å². The lowest BCUT2D eigenvalue weighted by molar-refractivity contribution is 0.620. The molecule has 0 unspecified atom stereocenters. The number of benzene rings is 9. The van der Waals surface area contributed by atoms with Crippen LogP contribution in [0.15, 0.2) is 209 Å². The third kappa shape index (κ3) is 5.00. The second-order valence-corrected chi connectivity index (χ2v) is 14.7. The standard InChI is InChI=1S/C53H33N3O2/c1-3-14-34(15-4-1)39-19-9-11-23-45(39)56(48-24-13-22-44-52(48)58-53(54-44)36-17-5-2-6-18-36)37-28-31-46-43(32-37)51-40-20-8-7-16-35(40)26-30-47(51)55(46)38-27-29-42-41-21-10-12-25-49(41)57-50(42)33-38/h1-33H. The Morgan fingerprint density at radius 1 is 0.448 bits per heavy atom. The summed E-state index contributed by atoms with van der Waals surface area (Å²) in [5.41, 5.74) is 12.6. The summed E-state index contributed by atoms with van der Waals surface area (Å²) in [5.74, 6) is 0.589. The van der Waals surface area contributed by atoms with E-state index >= 15 is 0 Å². The van der Waals surface area contributed by atoms with Gasteiger partial charge in [-0.2, -0.15) is 0 Å². The van der Waals surface area contributed by atoms with E-state index in [2.05, 4.69) is 161 Å². The Morgan fingerprint density at radius 3 is 2.03 bits per heavy atom. The molecule has 0 aliphatic carbocycles. The van der Waals surface area contributed by atoms with Crippen molar-refractivity contribution in [2.24, 2.45) is 0 Å². The minimum atomic E-state index is 0.589. The van der Waals surface area contributed by atoms with Crippen molar-refractivity contribution in [3.8, 4) is 28.3 Å². The second-order valence-electron chi connectivity index (χ2n) is 14.7. The highest BCUT2D eigenvalue weighted by Gasteiger charge is 2.24. The number of nitrogens with zero attached hydrogens (tertiary/aromatic N) is 3. The predicted octanol–water partition coefficient (Wildman–Crippen LogP) is 14.8. The average Bonchev–Trinajstić information content (AvgIpc) is 3.99. The van der Waals surface area contributed by atoms with Crippen LogP contribution in [0.1, 0.15) is 0 Å². The lowest BCUT2D eigenvalue weighted by Crippen LogP contribution is -2.11. The minimum absolute atomic E-state index is 0.589. The maximum atomic E-state index is 6.72. The van der Waals surface area contributed by atoms with Crippen LogP contribution < -0.4 is 4.90 Å². The van der Waals surface area contributed by atoms with E-state index in [0.717, 1.165) is 88.9 Å². The summed E-state index contributed by atoms with van der Waals surface area (Å²) >= 11 is 0. The smallest absolute Gasteiger partial charge is 0.227 e. The van der Waals surface area contributed by atoms with E-state index in [-0.39, 0.29) is 0 Å². The van der Waals surface area contributed by atoms with Gasteiger partial charge in [0.1, 0.15) is 16.7 Å². The SMILES string of the molecule is c1ccc(-c2nc3cccc(N(c4ccc5c(c4)c4c6ccccc6ccc4n5-c4ccc5c(c4)oc4ccccc45)c4ccccc4-c4ccccc4)c3o2)cc1. The lowest BCUT2D eigenvalue weighted by atomic mass is 10.0. The summed E-state index contributed by atoms with van der Waals surface area (Å²) in [6, 6.07) is 70.3. The molecule has 0 aliphatic heterocycles. The van der Waals surface area contributed by atoms with Crippen LogP contribution in [0.25, 0.3) is 93.9 Å². The molecule has 272 valence electrons. The molecule has 5 nitrogen and oxygen atoms in total. The van der Waals surface area contributed by atoms with E-state index in [1.165, 1.54) is 16.2 Å². The van der Waals surface area contributed by atoms with Crippen LogP contribution in [0.4, 0.5) is 17.1 Å². The normalized spacial score (nSPS) is 11.8. The van der Waals surface area contributed by atoms with Gasteiger partial charge in [0.2, 0.25) is 5.89 Å². The van der Waals surface area contributed by atoms with E-state index in [9.17, 15) is 0 Å². The topological polar surface area (TPSA) is 47.3 Å². The molecule has 0 atom stereocenters. The summed E-state index contributed by atoms with van der Waals surface area (Å²) in [4.78, 5) is 7.32. The Kier molecular flexibility index (Phi) is 7.16. The Bertz CT molecular complexity index is 3520. The molecule has 58 heavy (non-hydrogen) atoms. The lowest BCUT2D eigenvalue weighted by Gasteiger charge is -2.28. The number of anilines is 3. The molecular weight excluding hydrogens is 711 g/mol. The zero-order valence-electron chi connectivity index (χ0n) is 31.2. The molecule has 0 N–H and O–H groups in total. The number of hydrogen-bond acceptors (Lipinski definition) is 4. The van der Waals surface area contributed by atoms with Gasteiger partial charge in [0, 0.05) is 50.1 Å². The summed E-state index contributed by atoms with van der Waals surface area (Å²) in [7, 11) is 0. The monoisotopic (exact) mass is 743 g/mol.